The second kappa shape index (κ2) is 20.1. The Balaban J connectivity index is 1.56. The van der Waals surface area contributed by atoms with Gasteiger partial charge in [0.1, 0.15) is 48.2 Å². The molecule has 300 valence electrons. The predicted octanol–water partition coefficient (Wildman–Crippen LogP) is -1.60. The first-order valence-electron chi connectivity index (χ1n) is 16.9. The van der Waals surface area contributed by atoms with Gasteiger partial charge < -0.3 is 50.0 Å². The highest BCUT2D eigenvalue weighted by molar-refractivity contribution is 7.85. The zero-order valence-electron chi connectivity index (χ0n) is 29.5. The van der Waals surface area contributed by atoms with Crippen LogP contribution in [0.1, 0.15) is 51.5 Å². The summed E-state index contributed by atoms with van der Waals surface area (Å²) in [5.74, 6) is -6.01. The number of carbonyl (C=O) groups excluding carboxylic acids is 5. The van der Waals surface area contributed by atoms with Crippen LogP contribution in [0.5, 0.6) is 11.5 Å². The lowest BCUT2D eigenvalue weighted by atomic mass is 9.99. The molecule has 21 heteroatoms. The van der Waals surface area contributed by atoms with E-state index in [0.717, 1.165) is 17.1 Å². The number of nitrogens with one attached hydrogen (secondary N) is 2. The maximum atomic E-state index is 12.8. The number of nitrogens with zero attached hydrogens (tertiary/aromatic N) is 1. The van der Waals surface area contributed by atoms with Crippen LogP contribution < -0.4 is 20.1 Å². The molecule has 4 amide bonds. The molecular weight excluding hydrogens is 742 g/mol. The maximum Gasteiger partial charge on any atom is 0.335 e. The molecule has 2 aliphatic rings. The highest BCUT2D eigenvalue weighted by Gasteiger charge is 2.48. The second-order valence-electron chi connectivity index (χ2n) is 12.7. The number of unbranched alkanes of at least 4 members (excludes halogenated alkanes) is 2. The average Bonchev–Trinajstić information content (AvgIpc) is 3.42. The van der Waals surface area contributed by atoms with Crippen molar-refractivity contribution in [3.05, 3.63) is 35.9 Å². The van der Waals surface area contributed by atoms with Gasteiger partial charge in [-0.25, -0.2) is 4.79 Å². The fourth-order valence-corrected chi connectivity index (χ4v) is 5.75. The first-order chi connectivity index (χ1) is 25.4. The molecule has 0 bridgehead atoms. The molecule has 1 fully saturated rings. The van der Waals surface area contributed by atoms with Gasteiger partial charge in [0.25, 0.3) is 21.9 Å². The summed E-state index contributed by atoms with van der Waals surface area (Å²) in [4.78, 5) is 73.1. The van der Waals surface area contributed by atoms with Gasteiger partial charge in [0.05, 0.1) is 12.5 Å². The van der Waals surface area contributed by atoms with Crippen molar-refractivity contribution in [2.75, 3.05) is 25.4 Å². The lowest BCUT2D eigenvalue weighted by Gasteiger charge is -2.38. The molecule has 2 heterocycles. The standard InChI is InChI=1S/C33H45N3O17S/c1-18(2)32(46)51-16-19-8-9-20(52-33-28(42)26(40)27(41)29(53-33)31(44)45)15-22(19)50-14-6-12-34-30(43)21(17-54(47,48)49)35-23(37)7-4-3-5-13-36-24(38)10-11-25(36)39/h8-11,15,18,21,26-29,33,40-42H,3-7,12-14,16-17H2,1-2H3,(H,34,43)(H,35,37)(H,44,45)(H,47,48,49)/t21-,26-,27-,28+,29-,33+/m0/s1. The number of ether oxygens (including phenoxy) is 4. The van der Waals surface area contributed by atoms with Gasteiger partial charge in [-0.3, -0.25) is 33.4 Å². The lowest BCUT2D eigenvalue weighted by Crippen LogP contribution is -2.61. The minimum atomic E-state index is -4.69. The Hall–Kier alpha value is -4.67. The van der Waals surface area contributed by atoms with Crippen molar-refractivity contribution in [2.24, 2.45) is 5.92 Å². The van der Waals surface area contributed by atoms with Crippen LogP contribution >= 0.6 is 0 Å². The third kappa shape index (κ3) is 13.3. The molecular formula is C33H45N3O17S. The van der Waals surface area contributed by atoms with Crippen LogP contribution in [0.15, 0.2) is 30.4 Å². The second-order valence-corrected chi connectivity index (χ2v) is 14.2. The van der Waals surface area contributed by atoms with Crippen molar-refractivity contribution in [3.63, 3.8) is 0 Å². The van der Waals surface area contributed by atoms with Gasteiger partial charge in [-0.15, -0.1) is 0 Å². The normalized spacial score (nSPS) is 21.8. The number of imide groups is 1. The Morgan fingerprint density at radius 3 is 2.28 bits per heavy atom. The van der Waals surface area contributed by atoms with E-state index in [2.05, 4.69) is 10.6 Å². The Labute approximate surface area is 310 Å². The van der Waals surface area contributed by atoms with E-state index in [1.165, 1.54) is 18.2 Å². The number of amides is 4. The number of aliphatic hydroxyl groups is 3. The molecule has 0 aliphatic carbocycles. The number of carboxylic acid groups (broad SMARTS) is 1. The van der Waals surface area contributed by atoms with Gasteiger partial charge in [0, 0.05) is 43.3 Å². The predicted molar refractivity (Wildman–Crippen MR) is 182 cm³/mol. The third-order valence-corrected chi connectivity index (χ3v) is 8.79. The topological polar surface area (TPSA) is 302 Å². The molecule has 0 radical (unpaired) electrons. The van der Waals surface area contributed by atoms with E-state index in [-0.39, 0.29) is 50.6 Å². The number of hydrogen-bond acceptors (Lipinski definition) is 15. The monoisotopic (exact) mass is 787 g/mol. The van der Waals surface area contributed by atoms with Crippen LogP contribution in [-0.4, -0.2) is 136 Å². The highest BCUT2D eigenvalue weighted by Crippen LogP contribution is 2.30. The third-order valence-electron chi connectivity index (χ3n) is 8.04. The molecule has 0 unspecified atom stereocenters. The molecule has 7 N–H and O–H groups in total. The first kappa shape index (κ1) is 43.7. The molecule has 54 heavy (non-hydrogen) atoms. The van der Waals surface area contributed by atoms with Crippen LogP contribution in [0.3, 0.4) is 0 Å². The van der Waals surface area contributed by atoms with Gasteiger partial charge in [-0.2, -0.15) is 8.42 Å². The number of aliphatic hydroxyl groups excluding tert-OH is 3. The van der Waals surface area contributed by atoms with E-state index in [1.807, 2.05) is 0 Å². The lowest BCUT2D eigenvalue weighted by molar-refractivity contribution is -0.271. The molecule has 2 aliphatic heterocycles. The van der Waals surface area contributed by atoms with Crippen molar-refractivity contribution in [1.29, 1.82) is 0 Å². The van der Waals surface area contributed by atoms with Crippen molar-refractivity contribution in [2.45, 2.75) is 89.3 Å². The Bertz CT molecular complexity index is 1650. The summed E-state index contributed by atoms with van der Waals surface area (Å²) in [6, 6.07) is 2.49. The molecule has 1 aromatic carbocycles. The number of rotatable bonds is 21. The van der Waals surface area contributed by atoms with E-state index in [0.29, 0.717) is 24.8 Å². The van der Waals surface area contributed by atoms with Crippen molar-refractivity contribution < 1.29 is 81.1 Å². The van der Waals surface area contributed by atoms with Crippen LogP contribution in [-0.2, 0) is 55.0 Å². The maximum absolute atomic E-state index is 12.8. The molecule has 20 nitrogen and oxygen atoms in total. The van der Waals surface area contributed by atoms with Crippen LogP contribution in [0.4, 0.5) is 0 Å². The Morgan fingerprint density at radius 1 is 0.963 bits per heavy atom. The van der Waals surface area contributed by atoms with Gasteiger partial charge in [0.2, 0.25) is 18.1 Å². The summed E-state index contributed by atoms with van der Waals surface area (Å²) in [6.07, 6.45) is -5.80. The van der Waals surface area contributed by atoms with Gasteiger partial charge in [-0.05, 0) is 31.4 Å². The van der Waals surface area contributed by atoms with Crippen LogP contribution in [0.2, 0.25) is 0 Å². The number of hydrogen-bond donors (Lipinski definition) is 7. The molecule has 0 spiro atoms. The number of carbonyl (C=O) groups is 6. The summed E-state index contributed by atoms with van der Waals surface area (Å²) in [5.41, 5.74) is 0.357. The largest absolute Gasteiger partial charge is 0.493 e. The smallest absolute Gasteiger partial charge is 0.335 e. The SMILES string of the molecule is CC(C)C(=O)OCc1ccc(O[C@@H]2O[C@H](C(=O)O)[C@@H](O)[C@H](O)[C@H]2O)cc1OCCCNC(=O)[C@H](CS(=O)(=O)O)NC(=O)CCCCCN1C(=O)C=CC1=O. The summed E-state index contributed by atoms with van der Waals surface area (Å²) < 4.78 is 54.3. The van der Waals surface area contributed by atoms with Crippen molar-refractivity contribution >= 4 is 45.7 Å². The van der Waals surface area contributed by atoms with E-state index >= 15 is 0 Å². The zero-order valence-corrected chi connectivity index (χ0v) is 30.3. The molecule has 6 atom stereocenters. The number of aliphatic carboxylic acids is 1. The quantitative estimate of drug-likeness (QED) is 0.0319. The summed E-state index contributed by atoms with van der Waals surface area (Å²) in [5, 5.41) is 44.4. The average molecular weight is 788 g/mol. The van der Waals surface area contributed by atoms with Gasteiger partial charge in [-0.1, -0.05) is 20.3 Å². The number of benzene rings is 1. The first-order valence-corrected chi connectivity index (χ1v) is 18.6. The van der Waals surface area contributed by atoms with Crippen LogP contribution in [0.25, 0.3) is 0 Å². The van der Waals surface area contributed by atoms with Crippen molar-refractivity contribution in [1.82, 2.24) is 15.5 Å². The highest BCUT2D eigenvalue weighted by atomic mass is 32.2. The number of carboxylic acids is 1. The minimum absolute atomic E-state index is 0.0353. The molecule has 0 saturated carbocycles. The number of esters is 1. The summed E-state index contributed by atoms with van der Waals surface area (Å²) in [7, 11) is -4.69. The van der Waals surface area contributed by atoms with E-state index in [1.54, 1.807) is 13.8 Å². The van der Waals surface area contributed by atoms with Gasteiger partial charge >= 0.3 is 11.9 Å². The van der Waals surface area contributed by atoms with Crippen molar-refractivity contribution in [3.8, 4) is 11.5 Å². The Kier molecular flexibility index (Phi) is 16.3. The molecule has 3 rings (SSSR count). The summed E-state index contributed by atoms with van der Waals surface area (Å²) >= 11 is 0. The zero-order chi connectivity index (χ0) is 40.2. The van der Waals surface area contributed by atoms with Crippen LogP contribution in [0, 0.1) is 5.92 Å². The fraction of sp³-hybridized carbons (Fsp3) is 0.576. The Morgan fingerprint density at radius 2 is 1.65 bits per heavy atom. The van der Waals surface area contributed by atoms with Gasteiger partial charge in [0.15, 0.2) is 6.10 Å². The molecule has 0 aromatic heterocycles. The summed E-state index contributed by atoms with van der Waals surface area (Å²) in [6.45, 7) is 3.02. The van der Waals surface area contributed by atoms with E-state index in [9.17, 15) is 62.2 Å². The minimum Gasteiger partial charge on any atom is -0.493 e. The fourth-order valence-electron chi connectivity index (χ4n) is 5.09. The van der Waals surface area contributed by atoms with E-state index < -0.39 is 94.1 Å². The van der Waals surface area contributed by atoms with E-state index in [4.69, 9.17) is 18.9 Å². The molecule has 1 aromatic rings. The molecule has 1 saturated heterocycles.